The lowest BCUT2D eigenvalue weighted by Crippen LogP contribution is -2.24. The van der Waals surface area contributed by atoms with Gasteiger partial charge in [0.15, 0.2) is 11.5 Å². The van der Waals surface area contributed by atoms with Crippen LogP contribution in [0.5, 0.6) is 17.2 Å². The number of nitriles is 1. The zero-order valence-electron chi connectivity index (χ0n) is 18.1. The van der Waals surface area contributed by atoms with Gasteiger partial charge in [-0.05, 0) is 43.7 Å². The van der Waals surface area contributed by atoms with Crippen LogP contribution in [0.15, 0.2) is 53.6 Å². The lowest BCUT2D eigenvalue weighted by atomic mass is 9.82. The van der Waals surface area contributed by atoms with E-state index in [9.17, 15) is 10.1 Å². The summed E-state index contributed by atoms with van der Waals surface area (Å²) in [6, 6.07) is 9.29. The molecule has 0 unspecified atom stereocenters. The van der Waals surface area contributed by atoms with E-state index in [1.807, 2.05) is 12.1 Å². The van der Waals surface area contributed by atoms with E-state index in [1.54, 1.807) is 42.9 Å². The first-order valence-electron chi connectivity index (χ1n) is 9.63. The van der Waals surface area contributed by atoms with Gasteiger partial charge in [-0.25, -0.2) is 4.79 Å². The summed E-state index contributed by atoms with van der Waals surface area (Å²) in [5.41, 5.74) is 1.09. The SMILES string of the molecule is CCOC(=O)C1=C(C)OC(n2cccc2)=C(C#N)[C@@H]1c1cc(OC)c(OC)c(OC)c1. The monoisotopic (exact) mass is 424 g/mol. The van der Waals surface area contributed by atoms with E-state index in [-0.39, 0.29) is 17.8 Å². The number of carbonyl (C=O) groups is 1. The van der Waals surface area contributed by atoms with E-state index in [2.05, 4.69) is 6.07 Å². The lowest BCUT2D eigenvalue weighted by Gasteiger charge is -2.29. The van der Waals surface area contributed by atoms with E-state index in [0.29, 0.717) is 34.5 Å². The highest BCUT2D eigenvalue weighted by molar-refractivity contribution is 5.93. The van der Waals surface area contributed by atoms with Gasteiger partial charge >= 0.3 is 5.97 Å². The predicted octanol–water partition coefficient (Wildman–Crippen LogP) is 3.86. The molecular weight excluding hydrogens is 400 g/mol. The Morgan fingerprint density at radius 2 is 1.74 bits per heavy atom. The number of benzene rings is 1. The number of methoxy groups -OCH3 is 3. The quantitative estimate of drug-likeness (QED) is 0.623. The van der Waals surface area contributed by atoms with E-state index >= 15 is 0 Å². The summed E-state index contributed by atoms with van der Waals surface area (Å²) in [6.45, 7) is 3.58. The topological polar surface area (TPSA) is 91.9 Å². The van der Waals surface area contributed by atoms with Crippen molar-refractivity contribution in [2.24, 2.45) is 0 Å². The van der Waals surface area contributed by atoms with Crippen LogP contribution in [0.1, 0.15) is 25.3 Å². The van der Waals surface area contributed by atoms with Crippen molar-refractivity contribution in [1.82, 2.24) is 4.57 Å². The molecule has 1 aliphatic heterocycles. The summed E-state index contributed by atoms with van der Waals surface area (Å²) in [6.07, 6.45) is 3.53. The molecule has 0 spiro atoms. The van der Waals surface area contributed by atoms with Crippen molar-refractivity contribution in [3.05, 3.63) is 59.1 Å². The fraction of sp³-hybridized carbons (Fsp3) is 0.304. The highest BCUT2D eigenvalue weighted by Gasteiger charge is 2.38. The van der Waals surface area contributed by atoms with Crippen molar-refractivity contribution < 1.29 is 28.5 Å². The molecule has 162 valence electrons. The average molecular weight is 424 g/mol. The molecule has 2 aromatic rings. The maximum atomic E-state index is 12.9. The second-order valence-electron chi connectivity index (χ2n) is 6.61. The Hall–Kier alpha value is -3.86. The molecule has 0 radical (unpaired) electrons. The molecule has 8 nitrogen and oxygen atoms in total. The molecule has 0 aliphatic carbocycles. The van der Waals surface area contributed by atoms with Gasteiger partial charge in [0.05, 0.1) is 39.4 Å². The largest absolute Gasteiger partial charge is 0.493 e. The zero-order chi connectivity index (χ0) is 22.5. The molecule has 0 amide bonds. The summed E-state index contributed by atoms with van der Waals surface area (Å²) in [4.78, 5) is 12.9. The third-order valence-corrected chi connectivity index (χ3v) is 4.91. The third kappa shape index (κ3) is 3.94. The third-order valence-electron chi connectivity index (χ3n) is 4.91. The number of rotatable bonds is 7. The van der Waals surface area contributed by atoms with Gasteiger partial charge in [-0.2, -0.15) is 5.26 Å². The highest BCUT2D eigenvalue weighted by Crippen LogP contribution is 2.47. The van der Waals surface area contributed by atoms with Crippen molar-refractivity contribution in [3.8, 4) is 23.3 Å². The number of ether oxygens (including phenoxy) is 5. The molecule has 0 bridgehead atoms. The minimum atomic E-state index is -0.760. The van der Waals surface area contributed by atoms with Crippen LogP contribution in [-0.2, 0) is 14.3 Å². The number of hydrogen-bond donors (Lipinski definition) is 0. The van der Waals surface area contributed by atoms with Crippen LogP contribution in [0.25, 0.3) is 5.88 Å². The summed E-state index contributed by atoms with van der Waals surface area (Å²) >= 11 is 0. The minimum Gasteiger partial charge on any atom is -0.493 e. The Morgan fingerprint density at radius 1 is 1.13 bits per heavy atom. The van der Waals surface area contributed by atoms with Gasteiger partial charge in [-0.3, -0.25) is 4.57 Å². The van der Waals surface area contributed by atoms with E-state index in [4.69, 9.17) is 23.7 Å². The molecule has 0 N–H and O–H groups in total. The summed E-state index contributed by atoms with van der Waals surface area (Å²) in [7, 11) is 4.52. The summed E-state index contributed by atoms with van der Waals surface area (Å²) < 4.78 is 29.3. The van der Waals surface area contributed by atoms with Gasteiger partial charge in [0.25, 0.3) is 0 Å². The molecular formula is C23H24N2O6. The van der Waals surface area contributed by atoms with Crippen LogP contribution in [0.4, 0.5) is 0 Å². The van der Waals surface area contributed by atoms with Crippen LogP contribution < -0.4 is 14.2 Å². The molecule has 0 fully saturated rings. The number of aromatic nitrogens is 1. The van der Waals surface area contributed by atoms with Crippen molar-refractivity contribution in [2.45, 2.75) is 19.8 Å². The Labute approximate surface area is 180 Å². The molecule has 0 saturated carbocycles. The van der Waals surface area contributed by atoms with Crippen LogP contribution in [0.3, 0.4) is 0 Å². The van der Waals surface area contributed by atoms with Crippen molar-refractivity contribution >= 4 is 11.9 Å². The Morgan fingerprint density at radius 3 is 2.23 bits per heavy atom. The molecule has 8 heteroatoms. The van der Waals surface area contributed by atoms with E-state index in [0.717, 1.165) is 0 Å². The van der Waals surface area contributed by atoms with Gasteiger partial charge in [0, 0.05) is 12.4 Å². The smallest absolute Gasteiger partial charge is 0.338 e. The standard InChI is InChI=1S/C23H24N2O6/c1-6-30-23(26)19-14(2)31-22(25-9-7-8-10-25)16(13-24)20(19)15-11-17(27-3)21(29-5)18(12-15)28-4/h7-12,20H,6H2,1-5H3/t20-/m0/s1. The van der Waals surface area contributed by atoms with Crippen LogP contribution in [0, 0.1) is 11.3 Å². The Bertz CT molecular complexity index is 1050. The van der Waals surface area contributed by atoms with Gasteiger partial charge in [0.2, 0.25) is 11.6 Å². The second-order valence-corrected chi connectivity index (χ2v) is 6.61. The normalized spacial score (nSPS) is 15.8. The second kappa shape index (κ2) is 9.30. The van der Waals surface area contributed by atoms with Gasteiger partial charge in [-0.1, -0.05) is 0 Å². The van der Waals surface area contributed by atoms with Gasteiger partial charge in [0.1, 0.15) is 17.4 Å². The molecule has 3 rings (SSSR count). The first-order chi connectivity index (χ1) is 15.0. The number of allylic oxidation sites excluding steroid dienone is 2. The molecule has 1 aromatic heterocycles. The van der Waals surface area contributed by atoms with Crippen molar-refractivity contribution in [3.63, 3.8) is 0 Å². The summed E-state index contributed by atoms with van der Waals surface area (Å²) in [5.74, 6) is 0.569. The number of esters is 1. The first-order valence-corrected chi connectivity index (χ1v) is 9.63. The zero-order valence-corrected chi connectivity index (χ0v) is 18.1. The molecule has 1 aromatic carbocycles. The van der Waals surface area contributed by atoms with Crippen molar-refractivity contribution in [2.75, 3.05) is 27.9 Å². The van der Waals surface area contributed by atoms with E-state index in [1.165, 1.54) is 21.3 Å². The van der Waals surface area contributed by atoms with Crippen LogP contribution >= 0.6 is 0 Å². The minimum absolute atomic E-state index is 0.188. The van der Waals surface area contributed by atoms with Crippen molar-refractivity contribution in [1.29, 1.82) is 5.26 Å². The fourth-order valence-electron chi connectivity index (χ4n) is 3.57. The van der Waals surface area contributed by atoms with Gasteiger partial charge in [-0.15, -0.1) is 0 Å². The van der Waals surface area contributed by atoms with Crippen LogP contribution in [-0.4, -0.2) is 38.5 Å². The number of hydrogen-bond acceptors (Lipinski definition) is 7. The molecule has 2 heterocycles. The number of nitrogens with zero attached hydrogens (tertiary/aromatic N) is 2. The maximum absolute atomic E-state index is 12.9. The van der Waals surface area contributed by atoms with Gasteiger partial charge < -0.3 is 23.7 Å². The van der Waals surface area contributed by atoms with E-state index < -0.39 is 11.9 Å². The molecule has 31 heavy (non-hydrogen) atoms. The first kappa shape index (κ1) is 21.8. The highest BCUT2D eigenvalue weighted by atomic mass is 16.5. The molecule has 1 atom stereocenters. The summed E-state index contributed by atoms with van der Waals surface area (Å²) in [5, 5.41) is 10.1. The maximum Gasteiger partial charge on any atom is 0.338 e. The lowest BCUT2D eigenvalue weighted by molar-refractivity contribution is -0.139. The predicted molar refractivity (Wildman–Crippen MR) is 113 cm³/mol. The van der Waals surface area contributed by atoms with Crippen LogP contribution in [0.2, 0.25) is 0 Å². The fourth-order valence-corrected chi connectivity index (χ4v) is 3.57. The molecule has 0 saturated heterocycles. The average Bonchev–Trinajstić information content (AvgIpc) is 3.32. The molecule has 1 aliphatic rings. The Kier molecular flexibility index (Phi) is 6.55. The Balaban J connectivity index is 2.30. The number of carbonyl (C=O) groups excluding carboxylic acids is 1.